The Labute approximate surface area is 103 Å². The number of hydrogen-bond donors (Lipinski definition) is 1. The molecule has 0 fully saturated rings. The predicted molar refractivity (Wildman–Crippen MR) is 61.4 cm³/mol. The molecule has 4 heteroatoms. The summed E-state index contributed by atoms with van der Waals surface area (Å²) in [4.78, 5) is 0. The molecule has 1 N–H and O–H groups in total. The average Bonchev–Trinajstić information content (AvgIpc) is 2.28. The maximum absolute atomic E-state index is 13.4. The van der Waals surface area contributed by atoms with Crippen LogP contribution < -0.4 is 0 Å². The van der Waals surface area contributed by atoms with Crippen molar-refractivity contribution in [2.24, 2.45) is 0 Å². The van der Waals surface area contributed by atoms with Gasteiger partial charge < -0.3 is 5.11 Å². The molecule has 2 aromatic rings. The van der Waals surface area contributed by atoms with Crippen molar-refractivity contribution in [3.63, 3.8) is 0 Å². The second-order valence-electron chi connectivity index (χ2n) is 3.99. The SMILES string of the molecule is OC(Cc1cccc(F)c1)c1c(F)cccc1F. The predicted octanol–water partition coefficient (Wildman–Crippen LogP) is 3.38. The summed E-state index contributed by atoms with van der Waals surface area (Å²) >= 11 is 0. The Morgan fingerprint density at radius 1 is 0.944 bits per heavy atom. The van der Waals surface area contributed by atoms with E-state index in [0.717, 1.165) is 12.1 Å². The van der Waals surface area contributed by atoms with E-state index >= 15 is 0 Å². The summed E-state index contributed by atoms with van der Waals surface area (Å²) in [7, 11) is 0. The van der Waals surface area contributed by atoms with Gasteiger partial charge in [0, 0.05) is 6.42 Å². The molecular weight excluding hydrogens is 241 g/mol. The maximum Gasteiger partial charge on any atom is 0.131 e. The first-order chi connectivity index (χ1) is 8.58. The third kappa shape index (κ3) is 2.71. The molecule has 1 atom stereocenters. The van der Waals surface area contributed by atoms with Crippen LogP contribution in [0.2, 0.25) is 0 Å². The lowest BCUT2D eigenvalue weighted by Gasteiger charge is -2.13. The van der Waals surface area contributed by atoms with E-state index in [2.05, 4.69) is 0 Å². The molecule has 0 bridgehead atoms. The summed E-state index contributed by atoms with van der Waals surface area (Å²) in [6, 6.07) is 8.94. The smallest absolute Gasteiger partial charge is 0.131 e. The molecule has 94 valence electrons. The van der Waals surface area contributed by atoms with E-state index in [-0.39, 0.29) is 12.0 Å². The summed E-state index contributed by atoms with van der Waals surface area (Å²) in [6.07, 6.45) is -1.39. The summed E-state index contributed by atoms with van der Waals surface area (Å²) < 4.78 is 39.8. The molecule has 0 radical (unpaired) electrons. The number of aliphatic hydroxyl groups excluding tert-OH is 1. The second-order valence-corrected chi connectivity index (χ2v) is 3.99. The van der Waals surface area contributed by atoms with Gasteiger partial charge in [-0.15, -0.1) is 0 Å². The van der Waals surface area contributed by atoms with E-state index in [0.29, 0.717) is 5.56 Å². The number of benzene rings is 2. The van der Waals surface area contributed by atoms with Crippen molar-refractivity contribution in [1.82, 2.24) is 0 Å². The highest BCUT2D eigenvalue weighted by atomic mass is 19.1. The first-order valence-corrected chi connectivity index (χ1v) is 5.44. The Kier molecular flexibility index (Phi) is 3.67. The minimum absolute atomic E-state index is 0.0460. The van der Waals surface area contributed by atoms with Gasteiger partial charge in [-0.1, -0.05) is 18.2 Å². The molecule has 0 aromatic heterocycles. The molecule has 2 aromatic carbocycles. The molecule has 0 spiro atoms. The standard InChI is InChI=1S/C14H11F3O/c15-10-4-1-3-9(7-10)8-13(18)14-11(16)5-2-6-12(14)17/h1-7,13,18H,8H2. The van der Waals surface area contributed by atoms with Crippen molar-refractivity contribution in [3.8, 4) is 0 Å². The zero-order valence-electron chi connectivity index (χ0n) is 9.41. The fourth-order valence-corrected chi connectivity index (χ4v) is 1.82. The zero-order valence-corrected chi connectivity index (χ0v) is 9.41. The van der Waals surface area contributed by atoms with Crippen LogP contribution in [0.5, 0.6) is 0 Å². The van der Waals surface area contributed by atoms with Crippen LogP contribution >= 0.6 is 0 Å². The minimum Gasteiger partial charge on any atom is -0.388 e. The topological polar surface area (TPSA) is 20.2 Å². The highest BCUT2D eigenvalue weighted by molar-refractivity contribution is 5.25. The molecule has 1 nitrogen and oxygen atoms in total. The van der Waals surface area contributed by atoms with E-state index in [1.807, 2.05) is 0 Å². The van der Waals surface area contributed by atoms with Crippen molar-refractivity contribution in [1.29, 1.82) is 0 Å². The first kappa shape index (κ1) is 12.6. The van der Waals surface area contributed by atoms with Crippen LogP contribution in [-0.4, -0.2) is 5.11 Å². The van der Waals surface area contributed by atoms with E-state index < -0.39 is 23.6 Å². The van der Waals surface area contributed by atoms with Crippen molar-refractivity contribution in [2.75, 3.05) is 0 Å². The molecule has 1 unspecified atom stereocenters. The molecule has 0 amide bonds. The van der Waals surface area contributed by atoms with Gasteiger partial charge in [-0.05, 0) is 29.8 Å². The fraction of sp³-hybridized carbons (Fsp3) is 0.143. The van der Waals surface area contributed by atoms with Gasteiger partial charge >= 0.3 is 0 Å². The van der Waals surface area contributed by atoms with Crippen LogP contribution in [0.3, 0.4) is 0 Å². The molecule has 0 aliphatic carbocycles. The van der Waals surface area contributed by atoms with Crippen molar-refractivity contribution >= 4 is 0 Å². The maximum atomic E-state index is 13.4. The van der Waals surface area contributed by atoms with Crippen LogP contribution in [0.1, 0.15) is 17.2 Å². The third-order valence-electron chi connectivity index (χ3n) is 2.65. The Hall–Kier alpha value is -1.81. The van der Waals surface area contributed by atoms with Crippen molar-refractivity contribution in [2.45, 2.75) is 12.5 Å². The van der Waals surface area contributed by atoms with Gasteiger partial charge in [0.15, 0.2) is 0 Å². The van der Waals surface area contributed by atoms with E-state index in [1.54, 1.807) is 6.07 Å². The summed E-state index contributed by atoms with van der Waals surface area (Å²) in [5.41, 5.74) is 0.0897. The zero-order chi connectivity index (χ0) is 13.1. The Bertz CT molecular complexity index is 534. The van der Waals surface area contributed by atoms with Crippen molar-refractivity contribution in [3.05, 3.63) is 71.0 Å². The molecule has 18 heavy (non-hydrogen) atoms. The van der Waals surface area contributed by atoms with Crippen LogP contribution in [0.15, 0.2) is 42.5 Å². The molecule has 2 rings (SSSR count). The third-order valence-corrected chi connectivity index (χ3v) is 2.65. The molecule has 0 heterocycles. The number of halogens is 3. The lowest BCUT2D eigenvalue weighted by Crippen LogP contribution is -2.07. The van der Waals surface area contributed by atoms with Crippen LogP contribution in [0, 0.1) is 17.5 Å². The lowest BCUT2D eigenvalue weighted by atomic mass is 10.0. The Balaban J connectivity index is 2.25. The molecular formula is C14H11F3O. The Morgan fingerprint density at radius 3 is 2.17 bits per heavy atom. The highest BCUT2D eigenvalue weighted by Gasteiger charge is 2.18. The van der Waals surface area contributed by atoms with Gasteiger partial charge in [0.1, 0.15) is 17.5 Å². The number of hydrogen-bond acceptors (Lipinski definition) is 1. The van der Waals surface area contributed by atoms with Crippen LogP contribution in [0.25, 0.3) is 0 Å². The van der Waals surface area contributed by atoms with Crippen LogP contribution in [0.4, 0.5) is 13.2 Å². The average molecular weight is 252 g/mol. The summed E-state index contributed by atoms with van der Waals surface area (Å²) in [5.74, 6) is -2.06. The minimum atomic E-state index is -1.34. The van der Waals surface area contributed by atoms with Crippen molar-refractivity contribution < 1.29 is 18.3 Å². The van der Waals surface area contributed by atoms with Gasteiger partial charge in [-0.3, -0.25) is 0 Å². The largest absolute Gasteiger partial charge is 0.388 e. The quantitative estimate of drug-likeness (QED) is 0.887. The number of aliphatic hydroxyl groups is 1. The molecule has 0 aliphatic rings. The summed E-state index contributed by atoms with van der Waals surface area (Å²) in [6.45, 7) is 0. The lowest BCUT2D eigenvalue weighted by molar-refractivity contribution is 0.168. The fourth-order valence-electron chi connectivity index (χ4n) is 1.82. The number of rotatable bonds is 3. The van der Waals surface area contributed by atoms with E-state index in [1.165, 1.54) is 24.3 Å². The van der Waals surface area contributed by atoms with Gasteiger partial charge in [-0.25, -0.2) is 13.2 Å². The normalized spacial score (nSPS) is 12.4. The first-order valence-electron chi connectivity index (χ1n) is 5.44. The van der Waals surface area contributed by atoms with Crippen LogP contribution in [-0.2, 0) is 6.42 Å². The summed E-state index contributed by atoms with van der Waals surface area (Å²) in [5, 5.41) is 9.82. The van der Waals surface area contributed by atoms with Gasteiger partial charge in [0.2, 0.25) is 0 Å². The van der Waals surface area contributed by atoms with Gasteiger partial charge in [-0.2, -0.15) is 0 Å². The molecule has 0 saturated carbocycles. The van der Waals surface area contributed by atoms with Gasteiger partial charge in [0.05, 0.1) is 11.7 Å². The highest BCUT2D eigenvalue weighted by Crippen LogP contribution is 2.24. The molecule has 0 aliphatic heterocycles. The monoisotopic (exact) mass is 252 g/mol. The van der Waals surface area contributed by atoms with E-state index in [4.69, 9.17) is 0 Å². The molecule has 0 saturated heterocycles. The Morgan fingerprint density at radius 2 is 1.56 bits per heavy atom. The second kappa shape index (κ2) is 5.23. The van der Waals surface area contributed by atoms with E-state index in [9.17, 15) is 18.3 Å². The van der Waals surface area contributed by atoms with Gasteiger partial charge in [0.25, 0.3) is 0 Å².